The zero-order valence-electron chi connectivity index (χ0n) is 15.4. The number of rotatable bonds is 2. The van der Waals surface area contributed by atoms with Crippen LogP contribution < -0.4 is 33.4 Å². The quantitative estimate of drug-likeness (QED) is 0.313. The van der Waals surface area contributed by atoms with Gasteiger partial charge in [-0.25, -0.2) is 0 Å². The molecule has 0 unspecified atom stereocenters. The van der Waals surface area contributed by atoms with Gasteiger partial charge >= 0.3 is 0 Å². The minimum atomic E-state index is 0. The molecule has 1 aliphatic heterocycles. The highest BCUT2D eigenvalue weighted by atomic mass is 127. The van der Waals surface area contributed by atoms with Gasteiger partial charge in [0.1, 0.15) is 0 Å². The lowest BCUT2D eigenvalue weighted by Gasteiger charge is -2.13. The van der Waals surface area contributed by atoms with Gasteiger partial charge in [0, 0.05) is 47.7 Å². The molecule has 2 heterocycles. The maximum absolute atomic E-state index is 2.33. The summed E-state index contributed by atoms with van der Waals surface area (Å²) in [7, 11) is 2.14. The van der Waals surface area contributed by atoms with Crippen LogP contribution in [-0.4, -0.2) is 7.05 Å². The number of halogens is 1. The van der Waals surface area contributed by atoms with E-state index in [1.54, 1.807) is 0 Å². The van der Waals surface area contributed by atoms with Crippen molar-refractivity contribution < 1.29 is 28.5 Å². The largest absolute Gasteiger partial charge is 1.00 e. The van der Waals surface area contributed by atoms with Gasteiger partial charge in [-0.1, -0.05) is 54.2 Å². The first-order valence-corrected chi connectivity index (χ1v) is 9.84. The van der Waals surface area contributed by atoms with Crippen molar-refractivity contribution in [1.82, 2.24) is 0 Å². The molecular formula is C24H19IN2S. The molecular weight excluding hydrogens is 475 g/mol. The number of benzene rings is 3. The number of nitrogens with zero attached hydrogens (tertiary/aromatic N) is 2. The lowest BCUT2D eigenvalue weighted by atomic mass is 10.1. The monoisotopic (exact) mass is 494 g/mol. The molecule has 0 atom stereocenters. The summed E-state index contributed by atoms with van der Waals surface area (Å²) in [6.07, 6.45) is 2.28. The summed E-state index contributed by atoms with van der Waals surface area (Å²) in [5.74, 6) is 0. The van der Waals surface area contributed by atoms with Crippen LogP contribution in [0.1, 0.15) is 5.69 Å². The van der Waals surface area contributed by atoms with Crippen LogP contribution in [-0.2, 0) is 0 Å². The number of fused-ring (bicyclic) bond motifs is 2. The molecule has 1 aromatic heterocycles. The highest BCUT2D eigenvalue weighted by molar-refractivity contribution is 8.03. The predicted molar refractivity (Wildman–Crippen MR) is 114 cm³/mol. The first-order valence-electron chi connectivity index (χ1n) is 9.03. The van der Waals surface area contributed by atoms with Crippen molar-refractivity contribution in [3.8, 4) is 5.69 Å². The van der Waals surface area contributed by atoms with Crippen molar-refractivity contribution in [3.05, 3.63) is 102 Å². The second-order valence-corrected chi connectivity index (χ2v) is 7.66. The van der Waals surface area contributed by atoms with Crippen LogP contribution in [0.25, 0.3) is 22.7 Å². The smallest absolute Gasteiger partial charge is 0.218 e. The van der Waals surface area contributed by atoms with Crippen molar-refractivity contribution in [3.63, 3.8) is 0 Å². The van der Waals surface area contributed by atoms with E-state index in [1.807, 2.05) is 11.8 Å². The molecule has 138 valence electrons. The van der Waals surface area contributed by atoms with E-state index >= 15 is 0 Å². The fourth-order valence-electron chi connectivity index (χ4n) is 3.57. The van der Waals surface area contributed by atoms with Gasteiger partial charge in [-0.05, 0) is 24.3 Å². The molecule has 0 radical (unpaired) electrons. The van der Waals surface area contributed by atoms with E-state index in [1.165, 1.54) is 37.9 Å². The number of pyridine rings is 1. The minimum Gasteiger partial charge on any atom is -1.00 e. The SMILES string of the molecule is CN1/C(=C/c2ccc3ccccc3[n+]2-c2ccccc2)Sc2ccccc21.[I-]. The number of hydrogen-bond acceptors (Lipinski definition) is 2. The number of hydrogen-bond donors (Lipinski definition) is 0. The Morgan fingerprint density at radius 1 is 0.786 bits per heavy atom. The Bertz CT molecular complexity index is 1170. The zero-order valence-corrected chi connectivity index (χ0v) is 18.4. The van der Waals surface area contributed by atoms with E-state index in [0.29, 0.717) is 0 Å². The van der Waals surface area contributed by atoms with Gasteiger partial charge in [0.25, 0.3) is 0 Å². The fourth-order valence-corrected chi connectivity index (χ4v) is 4.67. The molecule has 0 saturated heterocycles. The van der Waals surface area contributed by atoms with Crippen molar-refractivity contribution in [2.45, 2.75) is 4.90 Å². The summed E-state index contributed by atoms with van der Waals surface area (Å²) in [6, 6.07) is 32.1. The third kappa shape index (κ3) is 3.31. The molecule has 3 aromatic carbocycles. The molecule has 0 fully saturated rings. The van der Waals surface area contributed by atoms with Gasteiger partial charge in [0.15, 0.2) is 0 Å². The van der Waals surface area contributed by atoms with E-state index in [9.17, 15) is 0 Å². The minimum absolute atomic E-state index is 0. The molecule has 28 heavy (non-hydrogen) atoms. The van der Waals surface area contributed by atoms with Gasteiger partial charge in [-0.3, -0.25) is 0 Å². The number of para-hydroxylation sites is 3. The summed E-state index contributed by atoms with van der Waals surface area (Å²) < 4.78 is 2.33. The van der Waals surface area contributed by atoms with Crippen molar-refractivity contribution in [1.29, 1.82) is 0 Å². The van der Waals surface area contributed by atoms with E-state index < -0.39 is 0 Å². The van der Waals surface area contributed by atoms with Crippen LogP contribution in [0.2, 0.25) is 0 Å². The molecule has 5 rings (SSSR count). The second kappa shape index (κ2) is 7.97. The highest BCUT2D eigenvalue weighted by Crippen LogP contribution is 2.45. The Morgan fingerprint density at radius 2 is 1.50 bits per heavy atom. The van der Waals surface area contributed by atoms with Crippen LogP contribution in [0.15, 0.2) is 101 Å². The van der Waals surface area contributed by atoms with E-state index in [2.05, 4.69) is 114 Å². The fraction of sp³-hybridized carbons (Fsp3) is 0.0417. The van der Waals surface area contributed by atoms with Crippen molar-refractivity contribution in [2.24, 2.45) is 0 Å². The lowest BCUT2D eigenvalue weighted by molar-refractivity contribution is -0.569. The van der Waals surface area contributed by atoms with Crippen molar-refractivity contribution in [2.75, 3.05) is 11.9 Å². The summed E-state index contributed by atoms with van der Waals surface area (Å²) in [5, 5.41) is 2.47. The van der Waals surface area contributed by atoms with Gasteiger partial charge < -0.3 is 28.9 Å². The first-order chi connectivity index (χ1) is 13.3. The lowest BCUT2D eigenvalue weighted by Crippen LogP contribution is -3.00. The average Bonchev–Trinajstić information content (AvgIpc) is 3.04. The topological polar surface area (TPSA) is 7.12 Å². The summed E-state index contributed by atoms with van der Waals surface area (Å²) in [4.78, 5) is 3.57. The molecule has 1 aliphatic rings. The third-order valence-corrected chi connectivity index (χ3v) is 6.09. The van der Waals surface area contributed by atoms with Crippen LogP contribution >= 0.6 is 11.8 Å². The average molecular weight is 494 g/mol. The van der Waals surface area contributed by atoms with Crippen LogP contribution in [0, 0.1) is 0 Å². The maximum atomic E-state index is 2.33. The second-order valence-electron chi connectivity index (χ2n) is 6.60. The summed E-state index contributed by atoms with van der Waals surface area (Å²) >= 11 is 1.82. The normalized spacial score (nSPS) is 14.2. The van der Waals surface area contributed by atoms with Gasteiger partial charge in [0.05, 0.1) is 10.7 Å². The Balaban J connectivity index is 0.00000192. The molecule has 0 spiro atoms. The van der Waals surface area contributed by atoms with E-state index in [0.717, 1.165) is 0 Å². The molecule has 2 nitrogen and oxygen atoms in total. The molecule has 0 saturated carbocycles. The Kier molecular flexibility index (Phi) is 5.42. The zero-order chi connectivity index (χ0) is 18.2. The Labute approximate surface area is 186 Å². The first kappa shape index (κ1) is 19.0. The maximum Gasteiger partial charge on any atom is 0.218 e. The van der Waals surface area contributed by atoms with E-state index in [4.69, 9.17) is 0 Å². The van der Waals surface area contributed by atoms with Crippen LogP contribution in [0.3, 0.4) is 0 Å². The van der Waals surface area contributed by atoms with Crippen LogP contribution in [0.5, 0.6) is 0 Å². The van der Waals surface area contributed by atoms with Crippen LogP contribution in [0.4, 0.5) is 5.69 Å². The Hall–Kier alpha value is -2.31. The molecule has 4 aromatic rings. The molecule has 4 heteroatoms. The summed E-state index contributed by atoms with van der Waals surface area (Å²) in [6.45, 7) is 0. The Morgan fingerprint density at radius 3 is 2.32 bits per heavy atom. The summed E-state index contributed by atoms with van der Waals surface area (Å²) in [5.41, 5.74) is 4.81. The predicted octanol–water partition coefficient (Wildman–Crippen LogP) is 2.66. The molecule has 0 N–H and O–H groups in total. The molecule has 0 aliphatic carbocycles. The highest BCUT2D eigenvalue weighted by Gasteiger charge is 2.24. The standard InChI is InChI=1S/C24H19N2S.HI/c1-25-22-13-7-8-14-23(22)27-24(25)17-20-16-15-18-9-5-6-12-21(18)26(20)19-10-3-2-4-11-19;/h2-17H,1H3;1H/q+1;/p-1. The third-order valence-electron chi connectivity index (χ3n) is 4.93. The number of thioether (sulfide) groups is 1. The number of anilines is 1. The molecule has 0 amide bonds. The molecule has 0 bridgehead atoms. The van der Waals surface area contributed by atoms with Gasteiger partial charge in [0.2, 0.25) is 16.9 Å². The van der Waals surface area contributed by atoms with Gasteiger partial charge in [-0.15, -0.1) is 0 Å². The van der Waals surface area contributed by atoms with E-state index in [-0.39, 0.29) is 24.0 Å². The number of aromatic nitrogens is 1. The van der Waals surface area contributed by atoms with Crippen molar-refractivity contribution >= 4 is 34.4 Å². The van der Waals surface area contributed by atoms with Gasteiger partial charge in [-0.2, -0.15) is 4.57 Å².